The third-order valence-corrected chi connectivity index (χ3v) is 3.99. The largest absolute Gasteiger partial charge is 0.508 e. The van der Waals surface area contributed by atoms with Crippen LogP contribution in [0.1, 0.15) is 28.8 Å². The second-order valence-corrected chi connectivity index (χ2v) is 5.68. The number of phenolic OH excluding ortho intramolecular Hbond substituents is 1. The average Bonchev–Trinajstić information content (AvgIpc) is 2.81. The Morgan fingerprint density at radius 2 is 2.33 bits per heavy atom. The summed E-state index contributed by atoms with van der Waals surface area (Å²) in [5, 5.41) is 10.5. The van der Waals surface area contributed by atoms with Crippen LogP contribution in [0.15, 0.2) is 18.2 Å². The maximum absolute atomic E-state index is 12.3. The molecule has 1 fully saturated rings. The maximum atomic E-state index is 12.3. The van der Waals surface area contributed by atoms with Crippen LogP contribution in [0, 0.1) is 12.8 Å². The van der Waals surface area contributed by atoms with E-state index in [0.29, 0.717) is 11.5 Å². The molecule has 1 unspecified atom stereocenters. The van der Waals surface area contributed by atoms with Crippen molar-refractivity contribution in [3.63, 3.8) is 0 Å². The standard InChI is InChI=1S/C14H18BrNO2/c1-10-8-12(2-3-13(10)17)14(18)16-7-5-11(9-16)4-6-15/h2-3,8,11,17H,4-7,9H2,1H3. The molecule has 1 atom stereocenters. The number of halogens is 1. The number of nitrogens with zero attached hydrogens (tertiary/aromatic N) is 1. The minimum Gasteiger partial charge on any atom is -0.508 e. The topological polar surface area (TPSA) is 40.5 Å². The first-order valence-electron chi connectivity index (χ1n) is 6.26. The maximum Gasteiger partial charge on any atom is 0.253 e. The van der Waals surface area contributed by atoms with Crippen molar-refractivity contribution >= 4 is 21.8 Å². The lowest BCUT2D eigenvalue weighted by Gasteiger charge is -2.17. The van der Waals surface area contributed by atoms with E-state index in [9.17, 15) is 9.90 Å². The van der Waals surface area contributed by atoms with E-state index in [-0.39, 0.29) is 11.7 Å². The zero-order chi connectivity index (χ0) is 13.1. The first kappa shape index (κ1) is 13.4. The molecule has 4 heteroatoms. The molecule has 1 saturated heterocycles. The fraction of sp³-hybridized carbons (Fsp3) is 0.500. The van der Waals surface area contributed by atoms with Crippen molar-refractivity contribution < 1.29 is 9.90 Å². The molecule has 0 spiro atoms. The molecule has 0 saturated carbocycles. The Morgan fingerprint density at radius 3 is 3.00 bits per heavy atom. The molecule has 2 rings (SSSR count). The van der Waals surface area contributed by atoms with Crippen LogP contribution in [0.2, 0.25) is 0 Å². The van der Waals surface area contributed by atoms with E-state index in [1.165, 1.54) is 0 Å². The summed E-state index contributed by atoms with van der Waals surface area (Å²) in [5.74, 6) is 0.937. The highest BCUT2D eigenvalue weighted by Crippen LogP contribution is 2.24. The van der Waals surface area contributed by atoms with Gasteiger partial charge in [0.2, 0.25) is 0 Å². The Bertz CT molecular complexity index is 447. The van der Waals surface area contributed by atoms with Crippen LogP contribution in [-0.4, -0.2) is 34.3 Å². The fourth-order valence-electron chi connectivity index (χ4n) is 2.38. The molecular formula is C14H18BrNO2. The average molecular weight is 312 g/mol. The summed E-state index contributed by atoms with van der Waals surface area (Å²) in [6.45, 7) is 3.50. The first-order valence-corrected chi connectivity index (χ1v) is 7.39. The van der Waals surface area contributed by atoms with Crippen LogP contribution in [0.3, 0.4) is 0 Å². The second-order valence-electron chi connectivity index (χ2n) is 4.88. The Kier molecular flexibility index (Phi) is 4.27. The van der Waals surface area contributed by atoms with Crippen LogP contribution in [0.4, 0.5) is 0 Å². The number of alkyl halides is 1. The predicted octanol–water partition coefficient (Wildman–Crippen LogP) is 2.95. The molecule has 0 bridgehead atoms. The van der Waals surface area contributed by atoms with Crippen molar-refractivity contribution in [1.29, 1.82) is 0 Å². The number of aryl methyl sites for hydroxylation is 1. The predicted molar refractivity (Wildman–Crippen MR) is 75.3 cm³/mol. The number of aromatic hydroxyl groups is 1. The fourth-order valence-corrected chi connectivity index (χ4v) is 3.03. The molecule has 18 heavy (non-hydrogen) atoms. The normalized spacial score (nSPS) is 19.2. The number of carbonyl (C=O) groups is 1. The van der Waals surface area contributed by atoms with Gasteiger partial charge in [-0.3, -0.25) is 4.79 Å². The van der Waals surface area contributed by atoms with E-state index in [2.05, 4.69) is 15.9 Å². The van der Waals surface area contributed by atoms with E-state index in [1.807, 2.05) is 11.8 Å². The number of phenols is 1. The second kappa shape index (κ2) is 5.74. The van der Waals surface area contributed by atoms with E-state index < -0.39 is 0 Å². The number of benzene rings is 1. The van der Waals surface area contributed by atoms with Gasteiger partial charge in [-0.1, -0.05) is 15.9 Å². The lowest BCUT2D eigenvalue weighted by molar-refractivity contribution is 0.0787. The van der Waals surface area contributed by atoms with Crippen LogP contribution in [0.5, 0.6) is 5.75 Å². The molecule has 98 valence electrons. The first-order chi connectivity index (χ1) is 8.61. The third kappa shape index (κ3) is 2.86. The van der Waals surface area contributed by atoms with Crippen LogP contribution < -0.4 is 0 Å². The molecule has 1 aromatic carbocycles. The molecular weight excluding hydrogens is 294 g/mol. The van der Waals surface area contributed by atoms with E-state index >= 15 is 0 Å². The molecule has 0 aromatic heterocycles. The van der Waals surface area contributed by atoms with Crippen LogP contribution >= 0.6 is 15.9 Å². The van der Waals surface area contributed by atoms with Crippen molar-refractivity contribution in [3.05, 3.63) is 29.3 Å². The van der Waals surface area contributed by atoms with Gasteiger partial charge in [-0.2, -0.15) is 0 Å². The Balaban J connectivity index is 2.05. The summed E-state index contributed by atoms with van der Waals surface area (Å²) in [7, 11) is 0. The van der Waals surface area contributed by atoms with E-state index in [0.717, 1.165) is 36.8 Å². The molecule has 1 amide bonds. The molecule has 0 aliphatic carbocycles. The number of rotatable bonds is 3. The van der Waals surface area contributed by atoms with Crippen molar-refractivity contribution in [2.24, 2.45) is 5.92 Å². The molecule has 1 aliphatic heterocycles. The van der Waals surface area contributed by atoms with Gasteiger partial charge in [-0.05, 0) is 49.4 Å². The molecule has 3 nitrogen and oxygen atoms in total. The Labute approximate surface area is 116 Å². The van der Waals surface area contributed by atoms with Gasteiger partial charge in [-0.15, -0.1) is 0 Å². The summed E-state index contributed by atoms with van der Waals surface area (Å²) < 4.78 is 0. The zero-order valence-electron chi connectivity index (χ0n) is 10.5. The quantitative estimate of drug-likeness (QED) is 0.872. The number of hydrogen-bond acceptors (Lipinski definition) is 2. The molecule has 1 N–H and O–H groups in total. The zero-order valence-corrected chi connectivity index (χ0v) is 12.1. The highest BCUT2D eigenvalue weighted by molar-refractivity contribution is 9.09. The van der Waals surface area contributed by atoms with Gasteiger partial charge in [0.1, 0.15) is 5.75 Å². The van der Waals surface area contributed by atoms with Gasteiger partial charge < -0.3 is 10.0 Å². The molecule has 0 radical (unpaired) electrons. The number of amides is 1. The molecule has 1 aromatic rings. The lowest BCUT2D eigenvalue weighted by atomic mass is 10.1. The summed E-state index contributed by atoms with van der Waals surface area (Å²) in [6.07, 6.45) is 2.22. The van der Waals surface area contributed by atoms with E-state index in [4.69, 9.17) is 0 Å². The van der Waals surface area contributed by atoms with Crippen molar-refractivity contribution in [3.8, 4) is 5.75 Å². The summed E-state index contributed by atoms with van der Waals surface area (Å²) in [5.41, 5.74) is 1.42. The molecule has 1 heterocycles. The highest BCUT2D eigenvalue weighted by atomic mass is 79.9. The number of hydrogen-bond donors (Lipinski definition) is 1. The van der Waals surface area contributed by atoms with Crippen LogP contribution in [0.25, 0.3) is 0 Å². The highest BCUT2D eigenvalue weighted by Gasteiger charge is 2.26. The SMILES string of the molecule is Cc1cc(C(=O)N2CCC(CCBr)C2)ccc1O. The van der Waals surface area contributed by atoms with Gasteiger partial charge >= 0.3 is 0 Å². The van der Waals surface area contributed by atoms with Gasteiger partial charge in [0.25, 0.3) is 5.91 Å². The van der Waals surface area contributed by atoms with E-state index in [1.54, 1.807) is 18.2 Å². The van der Waals surface area contributed by atoms with Crippen LogP contribution in [-0.2, 0) is 0 Å². The number of carbonyl (C=O) groups excluding carboxylic acids is 1. The van der Waals surface area contributed by atoms with Gasteiger partial charge in [0.05, 0.1) is 0 Å². The summed E-state index contributed by atoms with van der Waals surface area (Å²) in [6, 6.07) is 5.05. The lowest BCUT2D eigenvalue weighted by Crippen LogP contribution is -2.28. The molecule has 1 aliphatic rings. The van der Waals surface area contributed by atoms with Crippen molar-refractivity contribution in [1.82, 2.24) is 4.90 Å². The van der Waals surface area contributed by atoms with Gasteiger partial charge in [0, 0.05) is 24.0 Å². The summed E-state index contributed by atoms with van der Waals surface area (Å²) in [4.78, 5) is 14.2. The number of likely N-dealkylation sites (tertiary alicyclic amines) is 1. The smallest absolute Gasteiger partial charge is 0.253 e. The summed E-state index contributed by atoms with van der Waals surface area (Å²) >= 11 is 3.45. The Morgan fingerprint density at radius 1 is 1.56 bits per heavy atom. The Hall–Kier alpha value is -1.03. The monoisotopic (exact) mass is 311 g/mol. The van der Waals surface area contributed by atoms with Crippen molar-refractivity contribution in [2.75, 3.05) is 18.4 Å². The minimum absolute atomic E-state index is 0.0789. The van der Waals surface area contributed by atoms with Gasteiger partial charge in [-0.25, -0.2) is 0 Å². The van der Waals surface area contributed by atoms with Gasteiger partial charge in [0.15, 0.2) is 0 Å². The minimum atomic E-state index is 0.0789. The third-order valence-electron chi connectivity index (χ3n) is 3.53. The van der Waals surface area contributed by atoms with Crippen molar-refractivity contribution in [2.45, 2.75) is 19.8 Å².